The molecule has 0 unspecified atom stereocenters. The summed E-state index contributed by atoms with van der Waals surface area (Å²) in [5.74, 6) is 0.126. The van der Waals surface area contributed by atoms with Crippen LogP contribution in [0.5, 0.6) is 5.75 Å². The first-order valence-electron chi connectivity index (χ1n) is 6.46. The summed E-state index contributed by atoms with van der Waals surface area (Å²) in [7, 11) is 1.37. The van der Waals surface area contributed by atoms with Crippen LogP contribution in [0.25, 0.3) is 11.8 Å². The van der Waals surface area contributed by atoms with E-state index < -0.39 is 10.9 Å². The summed E-state index contributed by atoms with van der Waals surface area (Å²) in [5, 5.41) is 11.0. The van der Waals surface area contributed by atoms with Crippen LogP contribution in [0.4, 0.5) is 5.69 Å². The number of methoxy groups -OCH3 is 1. The van der Waals surface area contributed by atoms with Crippen LogP contribution in [0.15, 0.2) is 42.5 Å². The van der Waals surface area contributed by atoms with Gasteiger partial charge < -0.3 is 9.47 Å². The van der Waals surface area contributed by atoms with Gasteiger partial charge in [-0.1, -0.05) is 24.3 Å². The van der Waals surface area contributed by atoms with E-state index >= 15 is 0 Å². The van der Waals surface area contributed by atoms with Crippen molar-refractivity contribution >= 4 is 23.5 Å². The maximum atomic E-state index is 11.8. The summed E-state index contributed by atoms with van der Waals surface area (Å²) in [6.07, 6.45) is 1.59. The van der Waals surface area contributed by atoms with E-state index in [4.69, 9.17) is 9.47 Å². The van der Waals surface area contributed by atoms with E-state index in [2.05, 4.69) is 0 Å². The second-order valence-corrected chi connectivity index (χ2v) is 4.63. The number of cyclic esters (lactones) is 1. The molecule has 0 spiro atoms. The SMILES string of the molecule is COc1ccc(C=C2OC(=O)c3ccccc32)cc1[N+](=O)[O-]. The quantitative estimate of drug-likeness (QED) is 0.493. The summed E-state index contributed by atoms with van der Waals surface area (Å²) in [5.41, 5.74) is 1.56. The number of hydrogen-bond donors (Lipinski definition) is 0. The topological polar surface area (TPSA) is 78.7 Å². The summed E-state index contributed by atoms with van der Waals surface area (Å²) >= 11 is 0. The van der Waals surface area contributed by atoms with Crippen molar-refractivity contribution in [2.45, 2.75) is 0 Å². The molecule has 0 atom stereocenters. The molecule has 0 aromatic heterocycles. The number of hydrogen-bond acceptors (Lipinski definition) is 5. The van der Waals surface area contributed by atoms with Crippen molar-refractivity contribution in [1.82, 2.24) is 0 Å². The van der Waals surface area contributed by atoms with Gasteiger partial charge in [0.2, 0.25) is 0 Å². The molecule has 0 saturated heterocycles. The number of ether oxygens (including phenoxy) is 2. The molecule has 2 aromatic rings. The average Bonchev–Trinajstić information content (AvgIpc) is 2.84. The van der Waals surface area contributed by atoms with Crippen LogP contribution < -0.4 is 4.74 Å². The smallest absolute Gasteiger partial charge is 0.344 e. The molecule has 0 aliphatic carbocycles. The maximum Gasteiger partial charge on any atom is 0.344 e. The Morgan fingerprint density at radius 1 is 1.18 bits per heavy atom. The van der Waals surface area contributed by atoms with Crippen LogP contribution >= 0.6 is 0 Å². The molecule has 1 aliphatic rings. The predicted octanol–water partition coefficient (Wildman–Crippen LogP) is 3.27. The second kappa shape index (κ2) is 5.33. The van der Waals surface area contributed by atoms with Crippen molar-refractivity contribution in [3.05, 3.63) is 69.3 Å². The van der Waals surface area contributed by atoms with E-state index in [1.54, 1.807) is 36.4 Å². The number of rotatable bonds is 3. The Morgan fingerprint density at radius 2 is 1.91 bits per heavy atom. The highest BCUT2D eigenvalue weighted by Crippen LogP contribution is 2.33. The van der Waals surface area contributed by atoms with Gasteiger partial charge in [0.25, 0.3) is 0 Å². The zero-order chi connectivity index (χ0) is 15.7. The van der Waals surface area contributed by atoms with Gasteiger partial charge in [-0.25, -0.2) is 4.79 Å². The van der Waals surface area contributed by atoms with Gasteiger partial charge in [0.15, 0.2) is 5.75 Å². The molecule has 6 nitrogen and oxygen atoms in total. The lowest BCUT2D eigenvalue weighted by Crippen LogP contribution is -1.94. The lowest BCUT2D eigenvalue weighted by atomic mass is 10.1. The molecular weight excluding hydrogens is 286 g/mol. The zero-order valence-electron chi connectivity index (χ0n) is 11.6. The number of esters is 1. The van der Waals surface area contributed by atoms with E-state index in [0.29, 0.717) is 22.4 Å². The highest BCUT2D eigenvalue weighted by atomic mass is 16.6. The molecule has 1 heterocycles. The van der Waals surface area contributed by atoms with Gasteiger partial charge in [-0.2, -0.15) is 0 Å². The number of nitro groups is 1. The van der Waals surface area contributed by atoms with E-state index in [9.17, 15) is 14.9 Å². The number of nitrogens with zero attached hydrogens (tertiary/aromatic N) is 1. The maximum absolute atomic E-state index is 11.8. The largest absolute Gasteiger partial charge is 0.490 e. The Kier molecular flexibility index (Phi) is 3.34. The molecule has 6 heteroatoms. The predicted molar refractivity (Wildman–Crippen MR) is 79.4 cm³/mol. The van der Waals surface area contributed by atoms with Crippen molar-refractivity contribution in [3.8, 4) is 5.75 Å². The molecule has 0 bridgehead atoms. The van der Waals surface area contributed by atoms with Crippen LogP contribution in [0.3, 0.4) is 0 Å². The molecule has 0 fully saturated rings. The number of carbonyl (C=O) groups excluding carboxylic acids is 1. The first kappa shape index (κ1) is 13.8. The monoisotopic (exact) mass is 297 g/mol. The van der Waals surface area contributed by atoms with Gasteiger partial charge in [0.05, 0.1) is 17.6 Å². The minimum Gasteiger partial charge on any atom is -0.490 e. The van der Waals surface area contributed by atoms with Crippen LogP contribution in [-0.2, 0) is 4.74 Å². The fourth-order valence-corrected chi connectivity index (χ4v) is 2.28. The standard InChI is InChI=1S/C16H11NO5/c1-21-14-7-6-10(8-13(14)17(19)20)9-15-11-4-2-3-5-12(11)16(18)22-15/h2-9H,1H3. The Balaban J connectivity index is 2.05. The summed E-state index contributed by atoms with van der Waals surface area (Å²) in [4.78, 5) is 22.3. The Labute approximate surface area is 125 Å². The molecule has 110 valence electrons. The average molecular weight is 297 g/mol. The lowest BCUT2D eigenvalue weighted by Gasteiger charge is -2.03. The Morgan fingerprint density at radius 3 is 2.59 bits per heavy atom. The molecule has 0 radical (unpaired) electrons. The normalized spacial score (nSPS) is 14.6. The highest BCUT2D eigenvalue weighted by molar-refractivity contribution is 6.05. The van der Waals surface area contributed by atoms with Gasteiger partial charge in [-0.3, -0.25) is 10.1 Å². The first-order valence-corrected chi connectivity index (χ1v) is 6.46. The van der Waals surface area contributed by atoms with E-state index in [1.807, 2.05) is 0 Å². The molecule has 0 saturated carbocycles. The fourth-order valence-electron chi connectivity index (χ4n) is 2.28. The van der Waals surface area contributed by atoms with E-state index in [0.717, 1.165) is 0 Å². The third-order valence-electron chi connectivity index (χ3n) is 3.31. The zero-order valence-corrected chi connectivity index (χ0v) is 11.6. The summed E-state index contributed by atoms with van der Waals surface area (Å²) in [6, 6.07) is 11.5. The van der Waals surface area contributed by atoms with Crippen LogP contribution in [0, 0.1) is 10.1 Å². The van der Waals surface area contributed by atoms with Crippen molar-refractivity contribution in [2.75, 3.05) is 7.11 Å². The number of nitro benzene ring substituents is 1. The highest BCUT2D eigenvalue weighted by Gasteiger charge is 2.26. The Bertz CT molecular complexity index is 810. The third-order valence-corrected chi connectivity index (χ3v) is 3.31. The molecule has 0 amide bonds. The van der Waals surface area contributed by atoms with E-state index in [-0.39, 0.29) is 11.4 Å². The van der Waals surface area contributed by atoms with Crippen LogP contribution in [-0.4, -0.2) is 18.0 Å². The molecule has 3 rings (SSSR count). The molecule has 1 aliphatic heterocycles. The summed E-state index contributed by atoms with van der Waals surface area (Å²) < 4.78 is 10.2. The molecular formula is C16H11NO5. The second-order valence-electron chi connectivity index (χ2n) is 4.63. The fraction of sp³-hybridized carbons (Fsp3) is 0.0625. The lowest BCUT2D eigenvalue weighted by molar-refractivity contribution is -0.385. The van der Waals surface area contributed by atoms with Gasteiger partial charge >= 0.3 is 11.7 Å². The van der Waals surface area contributed by atoms with Gasteiger partial charge in [-0.05, 0) is 23.8 Å². The number of benzene rings is 2. The third kappa shape index (κ3) is 2.31. The minimum absolute atomic E-state index is 0.144. The summed E-state index contributed by atoms with van der Waals surface area (Å²) in [6.45, 7) is 0. The van der Waals surface area contributed by atoms with Gasteiger partial charge in [0.1, 0.15) is 5.76 Å². The minimum atomic E-state index is -0.518. The van der Waals surface area contributed by atoms with Gasteiger partial charge in [0, 0.05) is 11.6 Å². The van der Waals surface area contributed by atoms with Crippen molar-refractivity contribution < 1.29 is 19.2 Å². The first-order chi connectivity index (χ1) is 10.6. The van der Waals surface area contributed by atoms with Crippen LogP contribution in [0.1, 0.15) is 21.5 Å². The number of carbonyl (C=O) groups is 1. The molecule has 22 heavy (non-hydrogen) atoms. The molecule has 0 N–H and O–H groups in total. The van der Waals surface area contributed by atoms with E-state index in [1.165, 1.54) is 19.2 Å². The number of fused-ring (bicyclic) bond motifs is 1. The molecule has 2 aromatic carbocycles. The Hall–Kier alpha value is -3.15. The van der Waals surface area contributed by atoms with Crippen molar-refractivity contribution in [2.24, 2.45) is 0 Å². The van der Waals surface area contributed by atoms with Crippen LogP contribution in [0.2, 0.25) is 0 Å². The van der Waals surface area contributed by atoms with Gasteiger partial charge in [-0.15, -0.1) is 0 Å². The van der Waals surface area contributed by atoms with Crippen molar-refractivity contribution in [1.29, 1.82) is 0 Å². The van der Waals surface area contributed by atoms with Crippen molar-refractivity contribution in [3.63, 3.8) is 0 Å².